The third-order valence-corrected chi connectivity index (χ3v) is 5.81. The molecule has 33 heavy (non-hydrogen) atoms. The number of Topliss-reactive ketones (excluding diaryl/α,β-unsaturated/α-hetero) is 1. The molecule has 4 rings (SSSR count). The lowest BCUT2D eigenvalue weighted by Crippen LogP contribution is -2.29. The number of nitrogens with zero attached hydrogens (tertiary/aromatic N) is 2. The number of carbonyl (C=O) groups excluding carboxylic acids is 2. The Morgan fingerprint density at radius 1 is 1.03 bits per heavy atom. The van der Waals surface area contributed by atoms with Crippen LogP contribution < -0.4 is 9.64 Å². The highest BCUT2D eigenvalue weighted by molar-refractivity contribution is 9.10. The molecule has 1 atom stereocenters. The van der Waals surface area contributed by atoms with E-state index in [1.807, 2.05) is 0 Å². The van der Waals surface area contributed by atoms with E-state index in [2.05, 4.69) is 34.8 Å². The summed E-state index contributed by atoms with van der Waals surface area (Å²) in [6, 6.07) is 16.6. The maximum absolute atomic E-state index is 13.1. The van der Waals surface area contributed by atoms with Gasteiger partial charge in [0.2, 0.25) is 0 Å². The van der Waals surface area contributed by atoms with Crippen LogP contribution in [0.2, 0.25) is 0 Å². The first-order valence-electron chi connectivity index (χ1n) is 10.6. The standard InChI is InChI=1S/C26H23BrN2O4/c1-16(2)15-33-21-9-3-18(4-10-21)24(30)22-23(17-11-13-28-14-12-17)29(26(32)25(22)31)20-7-5-19(27)6-8-20/h3-14,16,23,30H,15H2,1-2H3/b24-22-. The van der Waals surface area contributed by atoms with Crippen molar-refractivity contribution in [3.63, 3.8) is 0 Å². The van der Waals surface area contributed by atoms with Crippen LogP contribution >= 0.6 is 15.9 Å². The average molecular weight is 507 g/mol. The smallest absolute Gasteiger partial charge is 0.300 e. The number of hydrogen-bond donors (Lipinski definition) is 1. The Morgan fingerprint density at radius 2 is 1.67 bits per heavy atom. The summed E-state index contributed by atoms with van der Waals surface area (Å²) in [6.07, 6.45) is 3.19. The number of carbonyl (C=O) groups is 2. The maximum atomic E-state index is 13.1. The lowest BCUT2D eigenvalue weighted by molar-refractivity contribution is -0.132. The second kappa shape index (κ2) is 9.58. The zero-order valence-corrected chi connectivity index (χ0v) is 19.8. The minimum Gasteiger partial charge on any atom is -0.507 e. The fourth-order valence-electron chi connectivity index (χ4n) is 3.69. The van der Waals surface area contributed by atoms with E-state index in [0.29, 0.717) is 35.1 Å². The summed E-state index contributed by atoms with van der Waals surface area (Å²) in [6.45, 7) is 4.69. The van der Waals surface area contributed by atoms with Crippen LogP contribution in [0.5, 0.6) is 5.75 Å². The second-order valence-electron chi connectivity index (χ2n) is 8.16. The normalized spacial score (nSPS) is 17.6. The molecule has 1 aliphatic heterocycles. The van der Waals surface area contributed by atoms with Crippen molar-refractivity contribution in [3.05, 3.63) is 94.2 Å². The number of aromatic nitrogens is 1. The predicted molar refractivity (Wildman–Crippen MR) is 130 cm³/mol. The van der Waals surface area contributed by atoms with Crippen molar-refractivity contribution in [2.45, 2.75) is 19.9 Å². The molecule has 168 valence electrons. The molecule has 2 heterocycles. The molecule has 3 aromatic rings. The molecule has 7 heteroatoms. The second-order valence-corrected chi connectivity index (χ2v) is 9.07. The number of ether oxygens (including phenoxy) is 1. The highest BCUT2D eigenvalue weighted by Crippen LogP contribution is 2.42. The molecule has 1 fully saturated rings. The van der Waals surface area contributed by atoms with Crippen LogP contribution in [0.25, 0.3) is 5.76 Å². The van der Waals surface area contributed by atoms with Gasteiger partial charge < -0.3 is 9.84 Å². The minimum atomic E-state index is -0.786. The Morgan fingerprint density at radius 3 is 2.27 bits per heavy atom. The Balaban J connectivity index is 1.79. The van der Waals surface area contributed by atoms with E-state index in [1.165, 1.54) is 4.90 Å². The predicted octanol–water partition coefficient (Wildman–Crippen LogP) is 5.51. The third kappa shape index (κ3) is 4.68. The molecule has 0 aliphatic carbocycles. The molecule has 0 bridgehead atoms. The van der Waals surface area contributed by atoms with Gasteiger partial charge in [0.25, 0.3) is 11.7 Å². The summed E-state index contributed by atoms with van der Waals surface area (Å²) < 4.78 is 6.55. The highest BCUT2D eigenvalue weighted by Gasteiger charge is 2.46. The molecule has 1 N–H and O–H groups in total. The van der Waals surface area contributed by atoms with Crippen molar-refractivity contribution in [1.29, 1.82) is 0 Å². The molecular weight excluding hydrogens is 484 g/mol. The molecule has 2 aromatic carbocycles. The van der Waals surface area contributed by atoms with Crippen molar-refractivity contribution in [2.75, 3.05) is 11.5 Å². The molecule has 1 aliphatic rings. The first-order chi connectivity index (χ1) is 15.9. The Hall–Kier alpha value is -3.45. The van der Waals surface area contributed by atoms with Gasteiger partial charge in [-0.25, -0.2) is 0 Å². The van der Waals surface area contributed by atoms with Gasteiger partial charge in [-0.15, -0.1) is 0 Å². The fourth-order valence-corrected chi connectivity index (χ4v) is 3.95. The SMILES string of the molecule is CC(C)COc1ccc(/C(O)=C2/C(=O)C(=O)N(c3ccc(Br)cc3)C2c2ccncc2)cc1. The van der Waals surface area contributed by atoms with Crippen LogP contribution in [-0.2, 0) is 9.59 Å². The summed E-state index contributed by atoms with van der Waals surface area (Å²) in [4.78, 5) is 31.7. The molecule has 1 aromatic heterocycles. The van der Waals surface area contributed by atoms with E-state index in [9.17, 15) is 14.7 Å². The number of hydrogen-bond acceptors (Lipinski definition) is 5. The van der Waals surface area contributed by atoms with E-state index < -0.39 is 17.7 Å². The first-order valence-corrected chi connectivity index (χ1v) is 11.4. The average Bonchev–Trinajstić information content (AvgIpc) is 3.09. The van der Waals surface area contributed by atoms with Crippen molar-refractivity contribution in [1.82, 2.24) is 4.98 Å². The van der Waals surface area contributed by atoms with Gasteiger partial charge in [0.05, 0.1) is 18.2 Å². The van der Waals surface area contributed by atoms with Crippen molar-refractivity contribution in [2.24, 2.45) is 5.92 Å². The zero-order valence-electron chi connectivity index (χ0n) is 18.2. The fraction of sp³-hybridized carbons (Fsp3) is 0.192. The molecule has 0 radical (unpaired) electrons. The number of benzene rings is 2. The number of aliphatic hydroxyl groups is 1. The van der Waals surface area contributed by atoms with Crippen LogP contribution in [0.15, 0.2) is 83.1 Å². The molecule has 1 amide bonds. The van der Waals surface area contributed by atoms with Gasteiger partial charge in [-0.3, -0.25) is 19.5 Å². The molecule has 6 nitrogen and oxygen atoms in total. The quantitative estimate of drug-likeness (QED) is 0.271. The Labute approximate surface area is 200 Å². The summed E-state index contributed by atoms with van der Waals surface area (Å²) in [7, 11) is 0. The van der Waals surface area contributed by atoms with Gasteiger partial charge in [0.1, 0.15) is 11.5 Å². The lowest BCUT2D eigenvalue weighted by Gasteiger charge is -2.25. The highest BCUT2D eigenvalue weighted by atomic mass is 79.9. The van der Waals surface area contributed by atoms with E-state index >= 15 is 0 Å². The van der Waals surface area contributed by atoms with Crippen molar-refractivity contribution >= 4 is 39.1 Å². The summed E-state index contributed by atoms with van der Waals surface area (Å²) >= 11 is 3.39. The van der Waals surface area contributed by atoms with Crippen LogP contribution in [0.4, 0.5) is 5.69 Å². The minimum absolute atomic E-state index is 0.0324. The van der Waals surface area contributed by atoms with E-state index in [4.69, 9.17) is 4.74 Å². The number of halogens is 1. The van der Waals surface area contributed by atoms with Crippen molar-refractivity contribution < 1.29 is 19.4 Å². The number of anilines is 1. The van der Waals surface area contributed by atoms with Crippen LogP contribution in [0.1, 0.15) is 31.0 Å². The molecule has 1 saturated heterocycles. The maximum Gasteiger partial charge on any atom is 0.300 e. The molecule has 1 unspecified atom stereocenters. The van der Waals surface area contributed by atoms with Gasteiger partial charge >= 0.3 is 0 Å². The summed E-state index contributed by atoms with van der Waals surface area (Å²) in [5.41, 5.74) is 1.69. The van der Waals surface area contributed by atoms with Gasteiger partial charge in [0.15, 0.2) is 0 Å². The van der Waals surface area contributed by atoms with Crippen LogP contribution in [-0.4, -0.2) is 28.4 Å². The summed E-state index contributed by atoms with van der Waals surface area (Å²) in [5, 5.41) is 11.2. The molecule has 0 saturated carbocycles. The Kier molecular flexibility index (Phi) is 6.60. The van der Waals surface area contributed by atoms with E-state index in [1.54, 1.807) is 73.1 Å². The molecular formula is C26H23BrN2O4. The topological polar surface area (TPSA) is 79.7 Å². The van der Waals surface area contributed by atoms with Crippen LogP contribution in [0, 0.1) is 5.92 Å². The summed E-state index contributed by atoms with van der Waals surface area (Å²) in [5.74, 6) is -0.616. The van der Waals surface area contributed by atoms with Crippen LogP contribution in [0.3, 0.4) is 0 Å². The number of ketones is 1. The van der Waals surface area contributed by atoms with Gasteiger partial charge in [-0.1, -0.05) is 29.8 Å². The van der Waals surface area contributed by atoms with Gasteiger partial charge in [-0.2, -0.15) is 0 Å². The van der Waals surface area contributed by atoms with Gasteiger partial charge in [0, 0.05) is 28.1 Å². The van der Waals surface area contributed by atoms with Gasteiger partial charge in [-0.05, 0) is 72.1 Å². The van der Waals surface area contributed by atoms with Crippen molar-refractivity contribution in [3.8, 4) is 5.75 Å². The van der Waals surface area contributed by atoms with E-state index in [-0.39, 0.29) is 11.3 Å². The first kappa shape index (κ1) is 22.7. The Bertz CT molecular complexity index is 1190. The number of rotatable bonds is 6. The monoisotopic (exact) mass is 506 g/mol. The lowest BCUT2D eigenvalue weighted by atomic mass is 9.95. The largest absolute Gasteiger partial charge is 0.507 e. The number of amides is 1. The van der Waals surface area contributed by atoms with E-state index in [0.717, 1.165) is 4.47 Å². The third-order valence-electron chi connectivity index (χ3n) is 5.28. The molecule has 0 spiro atoms. The zero-order chi connectivity index (χ0) is 23.5. The number of pyridine rings is 1. The number of aliphatic hydroxyl groups excluding tert-OH is 1.